The number of urea groups is 1. The quantitative estimate of drug-likeness (QED) is 0.722. The van der Waals surface area contributed by atoms with Crippen LogP contribution < -0.4 is 10.6 Å². The van der Waals surface area contributed by atoms with Crippen molar-refractivity contribution in [3.63, 3.8) is 0 Å². The van der Waals surface area contributed by atoms with Crippen molar-refractivity contribution in [1.29, 1.82) is 0 Å². The van der Waals surface area contributed by atoms with E-state index in [4.69, 9.17) is 5.11 Å². The second-order valence-corrected chi connectivity index (χ2v) is 4.32. The van der Waals surface area contributed by atoms with Gasteiger partial charge in [0.25, 0.3) is 0 Å². The Bertz CT molecular complexity index is 351. The molecule has 0 bridgehead atoms. The first-order valence-corrected chi connectivity index (χ1v) is 5.77. The molecule has 0 radical (unpaired) electrons. The molecule has 16 heavy (non-hydrogen) atoms. The van der Waals surface area contributed by atoms with Gasteiger partial charge in [0.15, 0.2) is 0 Å². The number of aliphatic carboxylic acids is 1. The third-order valence-electron chi connectivity index (χ3n) is 1.96. The molecule has 0 saturated carbocycles. The summed E-state index contributed by atoms with van der Waals surface area (Å²) < 4.78 is 0. The lowest BCUT2D eigenvalue weighted by atomic mass is 10.3. The minimum absolute atomic E-state index is 0.452. The molecule has 0 aliphatic heterocycles. The summed E-state index contributed by atoms with van der Waals surface area (Å²) in [5.41, 5.74) is 0. The number of carboxylic acids is 1. The zero-order chi connectivity index (χ0) is 12.0. The molecule has 0 aromatic carbocycles. The third kappa shape index (κ3) is 4.31. The molecule has 6 heteroatoms. The van der Waals surface area contributed by atoms with Gasteiger partial charge in [-0.2, -0.15) is 0 Å². The van der Waals surface area contributed by atoms with Gasteiger partial charge in [-0.25, -0.2) is 4.79 Å². The number of carbonyl (C=O) groups is 2. The van der Waals surface area contributed by atoms with E-state index in [0.717, 1.165) is 6.42 Å². The van der Waals surface area contributed by atoms with Crippen molar-refractivity contribution < 1.29 is 14.7 Å². The Balaban J connectivity index is 2.18. The number of rotatable bonds is 5. The van der Waals surface area contributed by atoms with Gasteiger partial charge in [0.1, 0.15) is 6.04 Å². The molecule has 2 amide bonds. The van der Waals surface area contributed by atoms with Crippen molar-refractivity contribution >= 4 is 23.3 Å². The van der Waals surface area contributed by atoms with E-state index in [2.05, 4.69) is 10.6 Å². The van der Waals surface area contributed by atoms with Crippen molar-refractivity contribution in [2.45, 2.75) is 19.4 Å². The first-order chi connectivity index (χ1) is 7.59. The molecular formula is C10H14N2O3S. The fourth-order valence-corrected chi connectivity index (χ4v) is 1.77. The fourth-order valence-electron chi connectivity index (χ4n) is 1.06. The smallest absolute Gasteiger partial charge is 0.325 e. The Morgan fingerprint density at radius 3 is 2.88 bits per heavy atom. The van der Waals surface area contributed by atoms with Crippen LogP contribution in [0.15, 0.2) is 17.5 Å². The maximum Gasteiger partial charge on any atom is 0.325 e. The van der Waals surface area contributed by atoms with E-state index in [-0.39, 0.29) is 0 Å². The summed E-state index contributed by atoms with van der Waals surface area (Å²) in [6.07, 6.45) is 0.756. The Labute approximate surface area is 97.5 Å². The van der Waals surface area contributed by atoms with Crippen LogP contribution in [0.25, 0.3) is 0 Å². The maximum absolute atomic E-state index is 11.2. The van der Waals surface area contributed by atoms with E-state index in [0.29, 0.717) is 6.54 Å². The molecule has 0 aliphatic carbocycles. The van der Waals surface area contributed by atoms with Crippen LogP contribution in [0.2, 0.25) is 0 Å². The number of hydrogen-bond donors (Lipinski definition) is 3. The van der Waals surface area contributed by atoms with E-state index in [9.17, 15) is 9.59 Å². The number of nitrogens with one attached hydrogen (secondary N) is 2. The summed E-state index contributed by atoms with van der Waals surface area (Å²) in [5.74, 6) is -1.05. The zero-order valence-electron chi connectivity index (χ0n) is 8.90. The molecule has 1 rings (SSSR count). The highest BCUT2D eigenvalue weighted by Crippen LogP contribution is 2.07. The molecule has 1 aromatic rings. The summed E-state index contributed by atoms with van der Waals surface area (Å²) in [7, 11) is 0. The van der Waals surface area contributed by atoms with Crippen LogP contribution in [0, 0.1) is 0 Å². The van der Waals surface area contributed by atoms with E-state index in [1.807, 2.05) is 17.5 Å². The van der Waals surface area contributed by atoms with Crippen LogP contribution >= 0.6 is 11.3 Å². The molecule has 0 spiro atoms. The largest absolute Gasteiger partial charge is 0.480 e. The lowest BCUT2D eigenvalue weighted by Crippen LogP contribution is -2.44. The van der Waals surface area contributed by atoms with Gasteiger partial charge >= 0.3 is 12.0 Å². The molecule has 0 aliphatic rings. The number of hydrogen-bond acceptors (Lipinski definition) is 3. The van der Waals surface area contributed by atoms with Gasteiger partial charge in [-0.1, -0.05) is 6.07 Å². The van der Waals surface area contributed by atoms with Crippen molar-refractivity contribution in [2.24, 2.45) is 0 Å². The molecule has 1 heterocycles. The molecule has 5 nitrogen and oxygen atoms in total. The molecular weight excluding hydrogens is 228 g/mol. The van der Waals surface area contributed by atoms with Gasteiger partial charge in [-0.3, -0.25) is 4.79 Å². The van der Waals surface area contributed by atoms with Crippen molar-refractivity contribution in [3.8, 4) is 0 Å². The zero-order valence-corrected chi connectivity index (χ0v) is 9.71. The molecule has 0 fully saturated rings. The van der Waals surface area contributed by atoms with Gasteiger partial charge in [-0.15, -0.1) is 11.3 Å². The van der Waals surface area contributed by atoms with Crippen molar-refractivity contribution in [3.05, 3.63) is 22.4 Å². The molecule has 0 saturated heterocycles. The number of carboxylic acid groups (broad SMARTS) is 1. The number of carbonyl (C=O) groups excluding carboxylic acids is 1. The second kappa shape index (κ2) is 6.12. The minimum atomic E-state index is -1.05. The number of amides is 2. The number of thiophene rings is 1. The van der Waals surface area contributed by atoms with Crippen molar-refractivity contribution in [1.82, 2.24) is 10.6 Å². The van der Waals surface area contributed by atoms with Crippen molar-refractivity contribution in [2.75, 3.05) is 6.54 Å². The van der Waals surface area contributed by atoms with Gasteiger partial charge in [0, 0.05) is 11.4 Å². The molecule has 1 atom stereocenters. The maximum atomic E-state index is 11.2. The molecule has 1 unspecified atom stereocenters. The van der Waals surface area contributed by atoms with Gasteiger partial charge < -0.3 is 15.7 Å². The van der Waals surface area contributed by atoms with Crippen LogP contribution in [0.5, 0.6) is 0 Å². The van der Waals surface area contributed by atoms with E-state index in [1.165, 1.54) is 11.8 Å². The average Bonchev–Trinajstić information content (AvgIpc) is 2.70. The highest BCUT2D eigenvalue weighted by atomic mass is 32.1. The Morgan fingerprint density at radius 2 is 2.31 bits per heavy atom. The van der Waals surface area contributed by atoms with Crippen LogP contribution in [-0.4, -0.2) is 29.7 Å². The first-order valence-electron chi connectivity index (χ1n) is 4.89. The fraction of sp³-hybridized carbons (Fsp3) is 0.400. The Kier molecular flexibility index (Phi) is 4.78. The van der Waals surface area contributed by atoms with Gasteiger partial charge in [-0.05, 0) is 24.8 Å². The summed E-state index contributed by atoms with van der Waals surface area (Å²) >= 11 is 1.63. The monoisotopic (exact) mass is 242 g/mol. The normalized spacial score (nSPS) is 11.8. The van der Waals surface area contributed by atoms with Gasteiger partial charge in [0.2, 0.25) is 0 Å². The highest BCUT2D eigenvalue weighted by molar-refractivity contribution is 7.09. The molecule has 88 valence electrons. The average molecular weight is 242 g/mol. The van der Waals surface area contributed by atoms with Crippen LogP contribution in [0.3, 0.4) is 0 Å². The Morgan fingerprint density at radius 1 is 1.56 bits per heavy atom. The summed E-state index contributed by atoms with van der Waals surface area (Å²) in [6, 6.07) is 2.62. The lowest BCUT2D eigenvalue weighted by molar-refractivity contribution is -0.138. The van der Waals surface area contributed by atoms with Gasteiger partial charge in [0.05, 0.1) is 0 Å². The van der Waals surface area contributed by atoms with E-state index in [1.54, 1.807) is 11.3 Å². The topological polar surface area (TPSA) is 78.4 Å². The standard InChI is InChI=1S/C10H14N2O3S/c1-7(9(13)14)12-10(15)11-5-4-8-3-2-6-16-8/h2-3,6-7H,4-5H2,1H3,(H,13,14)(H2,11,12,15). The summed E-state index contributed by atoms with van der Waals surface area (Å²) in [5, 5.41) is 15.5. The van der Waals surface area contributed by atoms with E-state index >= 15 is 0 Å². The summed E-state index contributed by atoms with van der Waals surface area (Å²) in [4.78, 5) is 22.8. The summed E-state index contributed by atoms with van der Waals surface area (Å²) in [6.45, 7) is 1.92. The molecule has 1 aromatic heterocycles. The van der Waals surface area contributed by atoms with Crippen LogP contribution in [0.1, 0.15) is 11.8 Å². The highest BCUT2D eigenvalue weighted by Gasteiger charge is 2.12. The van der Waals surface area contributed by atoms with E-state index < -0.39 is 18.0 Å². The first kappa shape index (κ1) is 12.5. The minimum Gasteiger partial charge on any atom is -0.480 e. The third-order valence-corrected chi connectivity index (χ3v) is 2.89. The molecule has 3 N–H and O–H groups in total. The van der Waals surface area contributed by atoms with Crippen LogP contribution in [0.4, 0.5) is 4.79 Å². The predicted octanol–water partition coefficient (Wildman–Crippen LogP) is 1.06. The Hall–Kier alpha value is -1.56. The SMILES string of the molecule is CC(NC(=O)NCCc1cccs1)C(=O)O. The lowest BCUT2D eigenvalue weighted by Gasteiger charge is -2.10. The van der Waals surface area contributed by atoms with Crippen LogP contribution in [-0.2, 0) is 11.2 Å². The second-order valence-electron chi connectivity index (χ2n) is 3.29. The predicted molar refractivity (Wildman–Crippen MR) is 61.7 cm³/mol.